The molecular weight excluding hydrogens is 263 g/mol. The van der Waals surface area contributed by atoms with Crippen molar-refractivity contribution in [3.8, 4) is 17.8 Å². The largest absolute Gasteiger partial charge is 0.467 e. The first-order valence-corrected chi connectivity index (χ1v) is 6.11. The Morgan fingerprint density at radius 1 is 1.20 bits per heavy atom. The Hall–Kier alpha value is -2.44. The minimum Gasteiger partial charge on any atom is -0.467 e. The summed E-state index contributed by atoms with van der Waals surface area (Å²) in [4.78, 5) is 12.0. The number of aromatic nitrogens is 3. The SMILES string of the molecule is CCNc1nc(OC)nc(Oc2cccc(C)c2F)n1. The highest BCUT2D eigenvalue weighted by Gasteiger charge is 2.12. The van der Waals surface area contributed by atoms with Crippen molar-refractivity contribution < 1.29 is 13.9 Å². The maximum absolute atomic E-state index is 13.9. The molecule has 1 aromatic heterocycles. The number of nitrogens with zero attached hydrogens (tertiary/aromatic N) is 3. The van der Waals surface area contributed by atoms with Crippen molar-refractivity contribution in [2.75, 3.05) is 19.0 Å². The first-order valence-electron chi connectivity index (χ1n) is 6.11. The number of anilines is 1. The summed E-state index contributed by atoms with van der Waals surface area (Å²) in [6.07, 6.45) is 0. The summed E-state index contributed by atoms with van der Waals surface area (Å²) >= 11 is 0. The van der Waals surface area contributed by atoms with Crippen molar-refractivity contribution in [2.24, 2.45) is 0 Å². The standard InChI is InChI=1S/C13H15FN4O2/c1-4-15-11-16-12(19-3)18-13(17-11)20-9-7-5-6-8(2)10(9)14/h5-7H,4H2,1-3H3,(H,15,16,17,18). The number of benzene rings is 1. The van der Waals surface area contributed by atoms with Gasteiger partial charge in [-0.2, -0.15) is 9.97 Å². The van der Waals surface area contributed by atoms with Crippen LogP contribution in [0.2, 0.25) is 0 Å². The van der Waals surface area contributed by atoms with Crippen molar-refractivity contribution >= 4 is 5.95 Å². The van der Waals surface area contributed by atoms with Crippen LogP contribution in [0.4, 0.5) is 10.3 Å². The lowest BCUT2D eigenvalue weighted by molar-refractivity contribution is 0.354. The maximum Gasteiger partial charge on any atom is 0.330 e. The highest BCUT2D eigenvalue weighted by atomic mass is 19.1. The molecule has 0 saturated carbocycles. The van der Waals surface area contributed by atoms with Crippen LogP contribution < -0.4 is 14.8 Å². The topological polar surface area (TPSA) is 69.2 Å². The van der Waals surface area contributed by atoms with Gasteiger partial charge >= 0.3 is 12.0 Å². The van der Waals surface area contributed by atoms with Gasteiger partial charge in [0.15, 0.2) is 11.6 Å². The lowest BCUT2D eigenvalue weighted by atomic mass is 10.2. The molecule has 1 heterocycles. The molecule has 0 atom stereocenters. The molecule has 1 aromatic carbocycles. The van der Waals surface area contributed by atoms with Gasteiger partial charge in [-0.1, -0.05) is 12.1 Å². The minimum absolute atomic E-state index is 0.0303. The Labute approximate surface area is 116 Å². The van der Waals surface area contributed by atoms with E-state index >= 15 is 0 Å². The van der Waals surface area contributed by atoms with E-state index in [-0.39, 0.29) is 17.8 Å². The first kappa shape index (κ1) is 14.0. The van der Waals surface area contributed by atoms with Crippen molar-refractivity contribution in [1.82, 2.24) is 15.0 Å². The molecule has 0 saturated heterocycles. The van der Waals surface area contributed by atoms with Gasteiger partial charge in [-0.25, -0.2) is 4.39 Å². The third kappa shape index (κ3) is 3.11. The predicted molar refractivity (Wildman–Crippen MR) is 71.8 cm³/mol. The van der Waals surface area contributed by atoms with Crippen LogP contribution in [0.15, 0.2) is 18.2 Å². The van der Waals surface area contributed by atoms with Crippen LogP contribution >= 0.6 is 0 Å². The molecule has 0 aliphatic rings. The third-order valence-electron chi connectivity index (χ3n) is 2.47. The molecule has 0 unspecified atom stereocenters. The predicted octanol–water partition coefficient (Wildman–Crippen LogP) is 2.55. The van der Waals surface area contributed by atoms with Crippen molar-refractivity contribution in [2.45, 2.75) is 13.8 Å². The smallest absolute Gasteiger partial charge is 0.330 e. The Morgan fingerprint density at radius 3 is 2.65 bits per heavy atom. The van der Waals surface area contributed by atoms with E-state index in [9.17, 15) is 4.39 Å². The maximum atomic E-state index is 13.9. The van der Waals surface area contributed by atoms with Gasteiger partial charge < -0.3 is 14.8 Å². The number of hydrogen-bond donors (Lipinski definition) is 1. The number of halogens is 1. The van der Waals surface area contributed by atoms with Crippen LogP contribution in [-0.2, 0) is 0 Å². The second kappa shape index (κ2) is 6.14. The second-order valence-corrected chi connectivity index (χ2v) is 3.95. The molecule has 106 valence electrons. The van der Waals surface area contributed by atoms with E-state index in [0.29, 0.717) is 18.1 Å². The summed E-state index contributed by atoms with van der Waals surface area (Å²) in [7, 11) is 1.43. The monoisotopic (exact) mass is 278 g/mol. The zero-order chi connectivity index (χ0) is 14.5. The molecule has 6 nitrogen and oxygen atoms in total. The summed E-state index contributed by atoms with van der Waals surface area (Å²) in [6.45, 7) is 4.18. The summed E-state index contributed by atoms with van der Waals surface area (Å²) in [5.41, 5.74) is 0.482. The number of ether oxygens (including phenoxy) is 2. The quantitative estimate of drug-likeness (QED) is 0.906. The Bertz CT molecular complexity index is 607. The molecule has 0 amide bonds. The molecule has 0 aliphatic carbocycles. The molecule has 0 radical (unpaired) electrons. The number of hydrogen-bond acceptors (Lipinski definition) is 6. The molecule has 0 bridgehead atoms. The molecule has 0 fully saturated rings. The highest BCUT2D eigenvalue weighted by molar-refractivity contribution is 5.33. The first-order chi connectivity index (χ1) is 9.63. The van der Waals surface area contributed by atoms with Crippen LogP contribution in [0.3, 0.4) is 0 Å². The number of methoxy groups -OCH3 is 1. The zero-order valence-corrected chi connectivity index (χ0v) is 11.5. The van der Waals surface area contributed by atoms with Crippen molar-refractivity contribution in [3.63, 3.8) is 0 Å². The van der Waals surface area contributed by atoms with Gasteiger partial charge in [-0.15, -0.1) is 4.98 Å². The van der Waals surface area contributed by atoms with E-state index in [4.69, 9.17) is 9.47 Å². The molecule has 2 rings (SSSR count). The van der Waals surface area contributed by atoms with Crippen molar-refractivity contribution in [1.29, 1.82) is 0 Å². The van der Waals surface area contributed by atoms with Crippen LogP contribution in [0.25, 0.3) is 0 Å². The van der Waals surface area contributed by atoms with Gasteiger partial charge in [0.05, 0.1) is 7.11 Å². The van der Waals surface area contributed by atoms with E-state index in [1.165, 1.54) is 13.2 Å². The van der Waals surface area contributed by atoms with Gasteiger partial charge in [0.2, 0.25) is 5.95 Å². The van der Waals surface area contributed by atoms with E-state index in [1.54, 1.807) is 19.1 Å². The van der Waals surface area contributed by atoms with Gasteiger partial charge in [-0.05, 0) is 25.5 Å². The van der Waals surface area contributed by atoms with Crippen LogP contribution in [-0.4, -0.2) is 28.6 Å². The van der Waals surface area contributed by atoms with Crippen LogP contribution in [0, 0.1) is 12.7 Å². The normalized spacial score (nSPS) is 10.2. The average molecular weight is 278 g/mol. The summed E-state index contributed by atoms with van der Waals surface area (Å²) < 4.78 is 24.2. The Kier molecular flexibility index (Phi) is 4.29. The number of rotatable bonds is 5. The lowest BCUT2D eigenvalue weighted by Gasteiger charge is -2.09. The molecule has 7 heteroatoms. The molecule has 0 aliphatic heterocycles. The number of nitrogens with one attached hydrogen (secondary N) is 1. The second-order valence-electron chi connectivity index (χ2n) is 3.95. The van der Waals surface area contributed by atoms with E-state index in [1.807, 2.05) is 6.92 Å². The fourth-order valence-corrected chi connectivity index (χ4v) is 1.51. The zero-order valence-electron chi connectivity index (χ0n) is 11.5. The Balaban J connectivity index is 2.32. The third-order valence-corrected chi connectivity index (χ3v) is 2.47. The lowest BCUT2D eigenvalue weighted by Crippen LogP contribution is -2.06. The van der Waals surface area contributed by atoms with E-state index in [2.05, 4.69) is 20.3 Å². The summed E-state index contributed by atoms with van der Waals surface area (Å²) in [5, 5.41) is 2.92. The van der Waals surface area contributed by atoms with Gasteiger partial charge in [-0.3, -0.25) is 0 Å². The molecular formula is C13H15FN4O2. The van der Waals surface area contributed by atoms with E-state index in [0.717, 1.165) is 0 Å². The molecule has 1 N–H and O–H groups in total. The van der Waals surface area contributed by atoms with Crippen LogP contribution in [0.1, 0.15) is 12.5 Å². The summed E-state index contributed by atoms with van der Waals surface area (Å²) in [5.74, 6) is -0.0833. The van der Waals surface area contributed by atoms with Crippen molar-refractivity contribution in [3.05, 3.63) is 29.6 Å². The fraction of sp³-hybridized carbons (Fsp3) is 0.308. The highest BCUT2D eigenvalue weighted by Crippen LogP contribution is 2.25. The number of aryl methyl sites for hydroxylation is 1. The average Bonchev–Trinajstić information content (AvgIpc) is 2.44. The molecule has 0 spiro atoms. The molecule has 20 heavy (non-hydrogen) atoms. The molecule has 2 aromatic rings. The Morgan fingerprint density at radius 2 is 1.95 bits per heavy atom. The fourth-order valence-electron chi connectivity index (χ4n) is 1.51. The minimum atomic E-state index is -0.447. The van der Waals surface area contributed by atoms with Gasteiger partial charge in [0, 0.05) is 6.54 Å². The van der Waals surface area contributed by atoms with E-state index < -0.39 is 5.82 Å². The van der Waals surface area contributed by atoms with Gasteiger partial charge in [0.25, 0.3) is 0 Å². The summed E-state index contributed by atoms with van der Waals surface area (Å²) in [6, 6.07) is 4.92. The van der Waals surface area contributed by atoms with Gasteiger partial charge in [0.1, 0.15) is 0 Å². The van der Waals surface area contributed by atoms with Crippen LogP contribution in [0.5, 0.6) is 17.8 Å².